The van der Waals surface area contributed by atoms with Crippen molar-refractivity contribution in [3.8, 4) is 5.69 Å². The number of anilines is 3. The highest BCUT2D eigenvalue weighted by Crippen LogP contribution is 2.52. The molecule has 3 nitrogen and oxygen atoms in total. The minimum atomic E-state index is 1.16. The van der Waals surface area contributed by atoms with E-state index in [1.165, 1.54) is 60.7 Å². The second kappa shape index (κ2) is 6.05. The summed E-state index contributed by atoms with van der Waals surface area (Å²) in [5, 5.41) is 5.09. The van der Waals surface area contributed by atoms with Crippen LogP contribution in [0.5, 0.6) is 0 Å². The third-order valence-corrected chi connectivity index (χ3v) is 7.01. The van der Waals surface area contributed by atoms with Gasteiger partial charge in [0.05, 0.1) is 33.6 Å². The van der Waals surface area contributed by atoms with Gasteiger partial charge in [0.25, 0.3) is 0 Å². The molecular formula is C30H19N3. The molecule has 1 aliphatic rings. The molecule has 1 aliphatic heterocycles. The highest BCUT2D eigenvalue weighted by molar-refractivity contribution is 6.27. The van der Waals surface area contributed by atoms with Gasteiger partial charge in [-0.25, -0.2) is 0 Å². The molecule has 0 bridgehead atoms. The van der Waals surface area contributed by atoms with Crippen LogP contribution < -0.4 is 4.90 Å². The Morgan fingerprint density at radius 1 is 0.545 bits per heavy atom. The molecule has 5 aromatic carbocycles. The molecule has 0 aliphatic carbocycles. The molecule has 0 amide bonds. The molecule has 0 saturated carbocycles. The molecule has 0 radical (unpaired) electrons. The van der Waals surface area contributed by atoms with Crippen LogP contribution in [0.3, 0.4) is 0 Å². The molecule has 0 unspecified atom stereocenters. The lowest BCUT2D eigenvalue weighted by Crippen LogP contribution is -2.18. The molecule has 3 heteroatoms. The Hall–Kier alpha value is -4.50. The predicted octanol–water partition coefficient (Wildman–Crippen LogP) is 8.20. The van der Waals surface area contributed by atoms with E-state index >= 15 is 0 Å². The van der Waals surface area contributed by atoms with Crippen LogP contribution in [0.4, 0.5) is 17.1 Å². The first-order chi connectivity index (χ1) is 16.4. The van der Waals surface area contributed by atoms with E-state index in [-0.39, 0.29) is 0 Å². The van der Waals surface area contributed by atoms with E-state index in [0.29, 0.717) is 0 Å². The smallest absolute Gasteiger partial charge is 0.0954 e. The third kappa shape index (κ3) is 2.09. The molecule has 1 N–H and O–H groups in total. The molecule has 3 heterocycles. The lowest BCUT2D eigenvalue weighted by atomic mass is 10.0. The summed E-state index contributed by atoms with van der Waals surface area (Å²) in [5.74, 6) is 0. The normalized spacial score (nSPS) is 12.8. The summed E-state index contributed by atoms with van der Waals surface area (Å²) in [7, 11) is 0. The summed E-state index contributed by atoms with van der Waals surface area (Å²) >= 11 is 0. The second-order valence-electron chi connectivity index (χ2n) is 8.73. The van der Waals surface area contributed by atoms with Crippen molar-refractivity contribution in [1.82, 2.24) is 9.55 Å². The van der Waals surface area contributed by atoms with Crippen molar-refractivity contribution in [1.29, 1.82) is 0 Å². The lowest BCUT2D eigenvalue weighted by molar-refractivity contribution is 1.11. The Morgan fingerprint density at radius 2 is 1.24 bits per heavy atom. The number of fused-ring (bicyclic) bond motifs is 9. The fourth-order valence-electron chi connectivity index (χ4n) is 5.68. The van der Waals surface area contributed by atoms with Crippen molar-refractivity contribution < 1.29 is 0 Å². The maximum Gasteiger partial charge on any atom is 0.0954 e. The van der Waals surface area contributed by atoms with Gasteiger partial charge in [-0.2, -0.15) is 0 Å². The summed E-state index contributed by atoms with van der Waals surface area (Å²) in [6.45, 7) is 0. The van der Waals surface area contributed by atoms with Gasteiger partial charge in [-0.1, -0.05) is 66.7 Å². The van der Waals surface area contributed by atoms with Gasteiger partial charge in [-0.05, 0) is 42.5 Å². The number of nitrogens with one attached hydrogen (secondary N) is 1. The van der Waals surface area contributed by atoms with Crippen LogP contribution in [0.2, 0.25) is 0 Å². The molecule has 154 valence electrons. The molecule has 8 rings (SSSR count). The van der Waals surface area contributed by atoms with Crippen LogP contribution in [0.15, 0.2) is 109 Å². The number of hydrogen-bond donors (Lipinski definition) is 1. The molecular weight excluding hydrogens is 402 g/mol. The quantitative estimate of drug-likeness (QED) is 0.284. The molecule has 0 spiro atoms. The van der Waals surface area contributed by atoms with Crippen LogP contribution in [-0.2, 0) is 0 Å². The molecule has 33 heavy (non-hydrogen) atoms. The number of nitrogens with zero attached hydrogens (tertiary/aromatic N) is 2. The topological polar surface area (TPSA) is 24.0 Å². The maximum absolute atomic E-state index is 3.77. The lowest BCUT2D eigenvalue weighted by Gasteiger charge is -2.33. The van der Waals surface area contributed by atoms with E-state index in [1.807, 2.05) is 0 Å². The van der Waals surface area contributed by atoms with Gasteiger partial charge in [0, 0.05) is 32.7 Å². The van der Waals surface area contributed by atoms with Crippen molar-refractivity contribution >= 4 is 60.7 Å². The Bertz CT molecular complexity index is 1870. The predicted molar refractivity (Wildman–Crippen MR) is 138 cm³/mol. The van der Waals surface area contributed by atoms with Crippen molar-refractivity contribution in [2.24, 2.45) is 0 Å². The van der Waals surface area contributed by atoms with Crippen LogP contribution in [0.1, 0.15) is 0 Å². The number of benzene rings is 5. The van der Waals surface area contributed by atoms with Crippen LogP contribution in [0.25, 0.3) is 49.3 Å². The number of para-hydroxylation sites is 5. The van der Waals surface area contributed by atoms with Crippen molar-refractivity contribution in [3.05, 3.63) is 109 Å². The van der Waals surface area contributed by atoms with E-state index in [1.54, 1.807) is 0 Å². The largest absolute Gasteiger partial charge is 0.353 e. The van der Waals surface area contributed by atoms with Gasteiger partial charge >= 0.3 is 0 Å². The summed E-state index contributed by atoms with van der Waals surface area (Å²) in [6, 6.07) is 39.2. The molecule has 0 saturated heterocycles. The summed E-state index contributed by atoms with van der Waals surface area (Å²) in [5.41, 5.74) is 9.59. The number of rotatable bonds is 1. The summed E-state index contributed by atoms with van der Waals surface area (Å²) < 4.78 is 2.44. The fraction of sp³-hybridized carbons (Fsp3) is 0. The Kier molecular flexibility index (Phi) is 3.14. The van der Waals surface area contributed by atoms with Crippen molar-refractivity contribution in [2.75, 3.05) is 4.90 Å². The van der Waals surface area contributed by atoms with Crippen molar-refractivity contribution in [2.45, 2.75) is 0 Å². The fourth-order valence-corrected chi connectivity index (χ4v) is 5.68. The molecule has 7 aromatic rings. The van der Waals surface area contributed by atoms with Gasteiger partial charge in [0.1, 0.15) is 0 Å². The number of hydrogen-bond acceptors (Lipinski definition) is 1. The number of H-pyrrole nitrogens is 1. The average molecular weight is 422 g/mol. The highest BCUT2D eigenvalue weighted by Gasteiger charge is 2.31. The highest BCUT2D eigenvalue weighted by atomic mass is 15.2. The minimum Gasteiger partial charge on any atom is -0.353 e. The maximum atomic E-state index is 3.77. The average Bonchev–Trinajstić information content (AvgIpc) is 3.42. The first-order valence-corrected chi connectivity index (χ1v) is 11.3. The van der Waals surface area contributed by atoms with Gasteiger partial charge in [0.15, 0.2) is 0 Å². The second-order valence-corrected chi connectivity index (χ2v) is 8.73. The van der Waals surface area contributed by atoms with Gasteiger partial charge in [0.2, 0.25) is 0 Å². The number of aromatic nitrogens is 2. The zero-order chi connectivity index (χ0) is 21.5. The SMILES string of the molecule is c1ccc(N2c3ccccc3-n3c4ccccc4c4cc5c([nH]c6ccccc65)c2c43)cc1. The first kappa shape index (κ1) is 17.1. The van der Waals surface area contributed by atoms with E-state index in [9.17, 15) is 0 Å². The van der Waals surface area contributed by atoms with Crippen LogP contribution >= 0.6 is 0 Å². The first-order valence-electron chi connectivity index (χ1n) is 11.3. The standard InChI is InChI=1S/C30H19N3/c1-2-10-19(11-3-1)32-26-16-8-9-17-27(26)33-25-15-7-5-13-21(25)23-18-22-20-12-4-6-14-24(20)31-28(22)30(32)29(23)33/h1-18,31H. The van der Waals surface area contributed by atoms with E-state index in [2.05, 4.69) is 124 Å². The Balaban J connectivity index is 1.69. The minimum absolute atomic E-state index is 1.16. The summed E-state index contributed by atoms with van der Waals surface area (Å²) in [4.78, 5) is 6.20. The zero-order valence-corrected chi connectivity index (χ0v) is 17.8. The molecule has 2 aromatic heterocycles. The van der Waals surface area contributed by atoms with Crippen LogP contribution in [-0.4, -0.2) is 9.55 Å². The van der Waals surface area contributed by atoms with E-state index in [0.717, 1.165) is 5.69 Å². The molecule has 0 atom stereocenters. The zero-order valence-electron chi connectivity index (χ0n) is 17.8. The van der Waals surface area contributed by atoms with Crippen LogP contribution in [0, 0.1) is 0 Å². The van der Waals surface area contributed by atoms with E-state index in [4.69, 9.17) is 0 Å². The van der Waals surface area contributed by atoms with Crippen molar-refractivity contribution in [3.63, 3.8) is 0 Å². The van der Waals surface area contributed by atoms with Gasteiger partial charge < -0.3 is 14.5 Å². The Labute approximate surface area is 190 Å². The van der Waals surface area contributed by atoms with E-state index < -0.39 is 0 Å². The van der Waals surface area contributed by atoms with Gasteiger partial charge in [-0.15, -0.1) is 0 Å². The Morgan fingerprint density at radius 3 is 2.12 bits per heavy atom. The van der Waals surface area contributed by atoms with Gasteiger partial charge in [-0.3, -0.25) is 0 Å². The monoisotopic (exact) mass is 421 g/mol. The third-order valence-electron chi connectivity index (χ3n) is 7.01. The number of aromatic amines is 1. The summed E-state index contributed by atoms with van der Waals surface area (Å²) in [6.07, 6.45) is 0. The molecule has 0 fully saturated rings.